The van der Waals surface area contributed by atoms with Crippen molar-refractivity contribution in [1.82, 2.24) is 4.90 Å². The van der Waals surface area contributed by atoms with Gasteiger partial charge in [0.15, 0.2) is 0 Å². The summed E-state index contributed by atoms with van der Waals surface area (Å²) in [6.45, 7) is 4.24. The van der Waals surface area contributed by atoms with Crippen molar-refractivity contribution >= 4 is 5.78 Å². The number of carbonyl (C=O) groups is 1. The molecule has 2 rings (SSSR count). The van der Waals surface area contributed by atoms with Gasteiger partial charge in [0, 0.05) is 13.1 Å². The average molecular weight is 363 g/mol. The predicted molar refractivity (Wildman–Crippen MR) is 96.4 cm³/mol. The Morgan fingerprint density at radius 3 is 1.65 bits per heavy atom. The quantitative estimate of drug-likeness (QED) is 0.640. The average Bonchev–Trinajstić information content (AvgIpc) is 2.59. The normalized spacial score (nSPS) is 13.2. The highest BCUT2D eigenvalue weighted by molar-refractivity contribution is 5.89. The Hall–Kier alpha value is -2.14. The van der Waals surface area contributed by atoms with Crippen molar-refractivity contribution in [3.8, 4) is 0 Å². The van der Waals surface area contributed by atoms with E-state index in [1.54, 1.807) is 4.90 Å². The summed E-state index contributed by atoms with van der Waals surface area (Å²) < 4.78 is 39.6. The Balaban J connectivity index is 2.34. The van der Waals surface area contributed by atoms with E-state index in [-0.39, 0.29) is 25.4 Å². The van der Waals surface area contributed by atoms with Crippen LogP contribution in [0.4, 0.5) is 13.2 Å². The Kier molecular flexibility index (Phi) is 6.98. The van der Waals surface area contributed by atoms with Gasteiger partial charge in [-0.05, 0) is 23.5 Å². The molecule has 0 aliphatic carbocycles. The molecule has 5 heteroatoms. The van der Waals surface area contributed by atoms with Gasteiger partial charge in [0.1, 0.15) is 0 Å². The van der Waals surface area contributed by atoms with Crippen LogP contribution in [0.15, 0.2) is 60.7 Å². The Morgan fingerprint density at radius 2 is 1.31 bits per heavy atom. The number of Topliss-reactive ketones (excluding diaryl/α,β-unsaturated/α-hetero) is 1. The van der Waals surface area contributed by atoms with E-state index in [4.69, 9.17) is 0 Å². The molecule has 26 heavy (non-hydrogen) atoms. The molecule has 2 aromatic carbocycles. The molecule has 0 heterocycles. The number of hydrogen-bond acceptors (Lipinski definition) is 2. The number of alkyl halides is 3. The van der Waals surface area contributed by atoms with Crippen LogP contribution in [0.5, 0.6) is 0 Å². The number of hydrogen-bond donors (Lipinski definition) is 0. The van der Waals surface area contributed by atoms with E-state index in [0.29, 0.717) is 0 Å². The van der Waals surface area contributed by atoms with Crippen LogP contribution in [0.3, 0.4) is 0 Å². The minimum Gasteiger partial charge on any atom is -0.288 e. The Labute approximate surface area is 152 Å². The van der Waals surface area contributed by atoms with E-state index in [1.807, 2.05) is 74.5 Å². The van der Waals surface area contributed by atoms with Crippen LogP contribution in [0.2, 0.25) is 0 Å². The molecule has 1 unspecified atom stereocenters. The third kappa shape index (κ3) is 5.99. The Morgan fingerprint density at radius 1 is 0.885 bits per heavy atom. The number of benzene rings is 2. The van der Waals surface area contributed by atoms with Gasteiger partial charge < -0.3 is 0 Å². The fraction of sp³-hybridized carbons (Fsp3) is 0.381. The van der Waals surface area contributed by atoms with Gasteiger partial charge >= 0.3 is 6.18 Å². The summed E-state index contributed by atoms with van der Waals surface area (Å²) in [5.41, 5.74) is 1.76. The monoisotopic (exact) mass is 363 g/mol. The van der Waals surface area contributed by atoms with Crippen molar-refractivity contribution in [2.75, 3.05) is 0 Å². The number of carbonyl (C=O) groups excluding carboxylic acids is 1. The molecule has 0 saturated carbocycles. The zero-order chi connectivity index (χ0) is 19.2. The molecule has 0 aliphatic rings. The van der Waals surface area contributed by atoms with E-state index in [1.165, 1.54) is 0 Å². The van der Waals surface area contributed by atoms with Gasteiger partial charge in [0.25, 0.3) is 5.78 Å². The SMILES string of the molecule is CC(C)CC(C(=O)C(F)(F)F)N(Cc1ccccc1)Cc1ccccc1. The lowest BCUT2D eigenvalue weighted by Gasteiger charge is -2.32. The van der Waals surface area contributed by atoms with Gasteiger partial charge in [-0.15, -0.1) is 0 Å². The minimum absolute atomic E-state index is 0.0275. The zero-order valence-electron chi connectivity index (χ0n) is 15.0. The number of ketones is 1. The molecule has 0 aromatic heterocycles. The molecule has 1 atom stereocenters. The standard InChI is InChI=1S/C21H24F3NO/c1-16(2)13-19(20(26)21(22,23)24)25(14-17-9-5-3-6-10-17)15-18-11-7-4-8-12-18/h3-12,16,19H,13-15H2,1-2H3. The fourth-order valence-electron chi connectivity index (χ4n) is 2.97. The number of halogens is 3. The molecule has 0 bridgehead atoms. The predicted octanol–water partition coefficient (Wildman–Crippen LogP) is 5.23. The van der Waals surface area contributed by atoms with Crippen LogP contribution in [-0.2, 0) is 17.9 Å². The second kappa shape index (κ2) is 8.99. The van der Waals surface area contributed by atoms with Crippen LogP contribution in [0, 0.1) is 5.92 Å². The first-order valence-electron chi connectivity index (χ1n) is 8.70. The highest BCUT2D eigenvalue weighted by Crippen LogP contribution is 2.26. The molecule has 0 spiro atoms. The number of rotatable bonds is 8. The van der Waals surface area contributed by atoms with Gasteiger partial charge in [-0.25, -0.2) is 0 Å². The van der Waals surface area contributed by atoms with Crippen molar-refractivity contribution in [1.29, 1.82) is 0 Å². The summed E-state index contributed by atoms with van der Waals surface area (Å²) >= 11 is 0. The van der Waals surface area contributed by atoms with Crippen LogP contribution in [0.25, 0.3) is 0 Å². The second-order valence-electron chi connectivity index (χ2n) is 6.88. The molecule has 0 fully saturated rings. The van der Waals surface area contributed by atoms with Crippen LogP contribution >= 0.6 is 0 Å². The van der Waals surface area contributed by atoms with Crippen molar-refractivity contribution in [2.24, 2.45) is 5.92 Å². The van der Waals surface area contributed by atoms with Crippen molar-refractivity contribution in [2.45, 2.75) is 45.6 Å². The van der Waals surface area contributed by atoms with Gasteiger partial charge in [0.05, 0.1) is 6.04 Å². The maximum Gasteiger partial charge on any atom is 0.451 e. The largest absolute Gasteiger partial charge is 0.451 e. The second-order valence-corrected chi connectivity index (χ2v) is 6.88. The summed E-state index contributed by atoms with van der Waals surface area (Å²) in [7, 11) is 0. The maximum absolute atomic E-state index is 13.2. The van der Waals surface area contributed by atoms with Crippen LogP contribution in [0.1, 0.15) is 31.4 Å². The van der Waals surface area contributed by atoms with E-state index in [0.717, 1.165) is 11.1 Å². The van der Waals surface area contributed by atoms with E-state index < -0.39 is 18.0 Å². The van der Waals surface area contributed by atoms with E-state index >= 15 is 0 Å². The highest BCUT2D eigenvalue weighted by Gasteiger charge is 2.45. The maximum atomic E-state index is 13.2. The Bertz CT molecular complexity index is 642. The summed E-state index contributed by atoms with van der Waals surface area (Å²) in [6.07, 6.45) is -4.68. The molecule has 0 saturated heterocycles. The first-order chi connectivity index (χ1) is 12.3. The molecular formula is C21H24F3NO. The molecule has 0 amide bonds. The third-order valence-electron chi connectivity index (χ3n) is 4.17. The van der Waals surface area contributed by atoms with Crippen molar-refractivity contribution < 1.29 is 18.0 Å². The first-order valence-corrected chi connectivity index (χ1v) is 8.70. The van der Waals surface area contributed by atoms with Crippen LogP contribution in [-0.4, -0.2) is 22.9 Å². The lowest BCUT2D eigenvalue weighted by molar-refractivity contribution is -0.177. The lowest BCUT2D eigenvalue weighted by atomic mass is 9.97. The number of nitrogens with zero attached hydrogens (tertiary/aromatic N) is 1. The lowest BCUT2D eigenvalue weighted by Crippen LogP contribution is -2.47. The van der Waals surface area contributed by atoms with Gasteiger partial charge in [-0.3, -0.25) is 9.69 Å². The van der Waals surface area contributed by atoms with E-state index in [2.05, 4.69) is 0 Å². The van der Waals surface area contributed by atoms with Crippen LogP contribution < -0.4 is 0 Å². The van der Waals surface area contributed by atoms with Gasteiger partial charge in [-0.2, -0.15) is 13.2 Å². The fourth-order valence-corrected chi connectivity index (χ4v) is 2.97. The zero-order valence-corrected chi connectivity index (χ0v) is 15.0. The topological polar surface area (TPSA) is 20.3 Å². The first kappa shape index (κ1) is 20.2. The van der Waals surface area contributed by atoms with Crippen molar-refractivity contribution in [3.63, 3.8) is 0 Å². The van der Waals surface area contributed by atoms with Gasteiger partial charge in [-0.1, -0.05) is 74.5 Å². The molecule has 0 radical (unpaired) electrons. The third-order valence-corrected chi connectivity index (χ3v) is 4.17. The van der Waals surface area contributed by atoms with Gasteiger partial charge in [0.2, 0.25) is 0 Å². The minimum atomic E-state index is -4.84. The summed E-state index contributed by atoms with van der Waals surface area (Å²) in [5, 5.41) is 0. The summed E-state index contributed by atoms with van der Waals surface area (Å²) in [5.74, 6) is -1.70. The summed E-state index contributed by atoms with van der Waals surface area (Å²) in [4.78, 5) is 13.8. The molecule has 2 nitrogen and oxygen atoms in total. The van der Waals surface area contributed by atoms with E-state index in [9.17, 15) is 18.0 Å². The molecule has 0 aliphatic heterocycles. The highest BCUT2D eigenvalue weighted by atomic mass is 19.4. The van der Waals surface area contributed by atoms with Crippen molar-refractivity contribution in [3.05, 3.63) is 71.8 Å². The summed E-state index contributed by atoms with van der Waals surface area (Å²) in [6, 6.07) is 17.4. The molecular weight excluding hydrogens is 339 g/mol. The smallest absolute Gasteiger partial charge is 0.288 e. The molecule has 2 aromatic rings. The molecule has 0 N–H and O–H groups in total. The molecule has 140 valence electrons.